The summed E-state index contributed by atoms with van der Waals surface area (Å²) in [5.74, 6) is 0.0425. The van der Waals surface area contributed by atoms with Crippen LogP contribution in [0.25, 0.3) is 11.3 Å². The van der Waals surface area contributed by atoms with Crippen LogP contribution in [-0.2, 0) is 6.42 Å². The molecule has 1 heterocycles. The quantitative estimate of drug-likeness (QED) is 0.917. The van der Waals surface area contributed by atoms with E-state index in [1.54, 1.807) is 0 Å². The van der Waals surface area contributed by atoms with Crippen molar-refractivity contribution in [3.8, 4) is 17.3 Å². The van der Waals surface area contributed by atoms with Crippen LogP contribution in [-0.4, -0.2) is 9.97 Å². The number of hydrogen-bond acceptors (Lipinski definition) is 3. The van der Waals surface area contributed by atoms with Crippen molar-refractivity contribution in [2.75, 3.05) is 0 Å². The maximum atomic E-state index is 13.4. The van der Waals surface area contributed by atoms with E-state index in [2.05, 4.69) is 9.97 Å². The van der Waals surface area contributed by atoms with E-state index < -0.39 is 5.82 Å². The highest BCUT2D eigenvalue weighted by atomic mass is 19.1. The fourth-order valence-electron chi connectivity index (χ4n) is 1.81. The van der Waals surface area contributed by atoms with Gasteiger partial charge in [-0.3, -0.25) is 4.79 Å². The van der Waals surface area contributed by atoms with Crippen molar-refractivity contribution in [2.24, 2.45) is 0 Å². The highest BCUT2D eigenvalue weighted by molar-refractivity contribution is 5.61. The lowest BCUT2D eigenvalue weighted by atomic mass is 10.1. The molecule has 2 rings (SSSR count). The monoisotopic (exact) mass is 257 g/mol. The summed E-state index contributed by atoms with van der Waals surface area (Å²) < 4.78 is 13.4. The second-order valence-electron chi connectivity index (χ2n) is 4.17. The number of aromatic amines is 1. The zero-order valence-corrected chi connectivity index (χ0v) is 10.4. The van der Waals surface area contributed by atoms with Crippen LogP contribution in [0, 0.1) is 17.1 Å². The molecule has 0 radical (unpaired) electrons. The van der Waals surface area contributed by atoms with E-state index in [4.69, 9.17) is 5.26 Å². The third-order valence-electron chi connectivity index (χ3n) is 2.60. The Morgan fingerprint density at radius 3 is 2.84 bits per heavy atom. The molecule has 1 aromatic carbocycles. The van der Waals surface area contributed by atoms with Gasteiger partial charge in [0.25, 0.3) is 5.56 Å². The summed E-state index contributed by atoms with van der Waals surface area (Å²) in [6.45, 7) is 1.97. The Morgan fingerprint density at radius 1 is 1.37 bits per heavy atom. The molecule has 2 aromatic rings. The number of nitrogens with one attached hydrogen (secondary N) is 1. The smallest absolute Gasteiger partial charge is 0.251 e. The minimum atomic E-state index is -0.520. The zero-order chi connectivity index (χ0) is 13.8. The Bertz CT molecular complexity index is 701. The van der Waals surface area contributed by atoms with E-state index in [0.29, 0.717) is 23.5 Å². The lowest BCUT2D eigenvalue weighted by Gasteiger charge is -2.04. The van der Waals surface area contributed by atoms with Crippen LogP contribution >= 0.6 is 0 Å². The van der Waals surface area contributed by atoms with Crippen LogP contribution in [0.1, 0.15) is 24.7 Å². The van der Waals surface area contributed by atoms with E-state index in [9.17, 15) is 9.18 Å². The molecule has 0 amide bonds. The molecule has 1 aromatic heterocycles. The molecule has 0 aliphatic rings. The third-order valence-corrected chi connectivity index (χ3v) is 2.60. The molecule has 0 aliphatic heterocycles. The molecule has 1 N–H and O–H groups in total. The van der Waals surface area contributed by atoms with Gasteiger partial charge in [-0.1, -0.05) is 6.92 Å². The Labute approximate surface area is 109 Å². The predicted octanol–water partition coefficient (Wildman–Crippen LogP) is 2.40. The van der Waals surface area contributed by atoms with Gasteiger partial charge in [0.2, 0.25) is 0 Å². The number of hydrogen-bond donors (Lipinski definition) is 1. The van der Waals surface area contributed by atoms with Gasteiger partial charge in [-0.25, -0.2) is 9.37 Å². The van der Waals surface area contributed by atoms with Gasteiger partial charge in [-0.15, -0.1) is 0 Å². The molecule has 96 valence electrons. The molecule has 0 atom stereocenters. The maximum Gasteiger partial charge on any atom is 0.251 e. The number of aromatic nitrogens is 2. The van der Waals surface area contributed by atoms with Crippen LogP contribution < -0.4 is 5.56 Å². The molecule has 19 heavy (non-hydrogen) atoms. The van der Waals surface area contributed by atoms with Gasteiger partial charge in [0.05, 0.1) is 17.3 Å². The second kappa shape index (κ2) is 5.44. The average Bonchev–Trinajstić information content (AvgIpc) is 2.37. The maximum absolute atomic E-state index is 13.4. The van der Waals surface area contributed by atoms with Crippen molar-refractivity contribution in [3.63, 3.8) is 0 Å². The normalized spacial score (nSPS) is 10.2. The predicted molar refractivity (Wildman–Crippen MR) is 69.0 cm³/mol. The number of nitriles is 1. The first-order valence-electron chi connectivity index (χ1n) is 5.93. The van der Waals surface area contributed by atoms with Crippen LogP contribution in [0.4, 0.5) is 4.39 Å². The number of halogens is 1. The molecule has 5 heteroatoms. The van der Waals surface area contributed by atoms with E-state index in [-0.39, 0.29) is 11.1 Å². The van der Waals surface area contributed by atoms with E-state index >= 15 is 0 Å². The summed E-state index contributed by atoms with van der Waals surface area (Å²) >= 11 is 0. The summed E-state index contributed by atoms with van der Waals surface area (Å²) in [5.41, 5.74) is 0.730. The van der Waals surface area contributed by atoms with Gasteiger partial charge >= 0.3 is 0 Å². The van der Waals surface area contributed by atoms with Crippen LogP contribution in [0.2, 0.25) is 0 Å². The van der Waals surface area contributed by atoms with Crippen LogP contribution in [0.5, 0.6) is 0 Å². The average molecular weight is 257 g/mol. The van der Waals surface area contributed by atoms with Gasteiger partial charge < -0.3 is 4.98 Å². The molecule has 0 saturated carbocycles. The van der Waals surface area contributed by atoms with Gasteiger partial charge in [0, 0.05) is 18.1 Å². The van der Waals surface area contributed by atoms with Gasteiger partial charge in [0.15, 0.2) is 0 Å². The molecule has 4 nitrogen and oxygen atoms in total. The Balaban J connectivity index is 2.55. The van der Waals surface area contributed by atoms with Crippen molar-refractivity contribution in [3.05, 3.63) is 51.8 Å². The first-order valence-corrected chi connectivity index (χ1v) is 5.93. The first kappa shape index (κ1) is 13.0. The zero-order valence-electron chi connectivity index (χ0n) is 10.4. The Hall–Kier alpha value is -2.48. The summed E-state index contributed by atoms with van der Waals surface area (Å²) in [5, 5.41) is 8.82. The van der Waals surface area contributed by atoms with Gasteiger partial charge in [-0.2, -0.15) is 5.26 Å². The third kappa shape index (κ3) is 3.05. The molecule has 0 unspecified atom stereocenters. The topological polar surface area (TPSA) is 69.5 Å². The summed E-state index contributed by atoms with van der Waals surface area (Å²) in [6.07, 6.45) is 1.49. The van der Waals surface area contributed by atoms with Crippen molar-refractivity contribution in [2.45, 2.75) is 19.8 Å². The molecule has 0 fully saturated rings. The molecule has 0 spiro atoms. The number of aryl methyl sites for hydroxylation is 1. The summed E-state index contributed by atoms with van der Waals surface area (Å²) in [7, 11) is 0. The van der Waals surface area contributed by atoms with Crippen molar-refractivity contribution < 1.29 is 4.39 Å². The SMILES string of the molecule is CCCc1nc(-c2cc(F)cc(C#N)c2)cc(=O)[nH]1. The molecule has 0 aliphatic carbocycles. The highest BCUT2D eigenvalue weighted by Gasteiger charge is 2.07. The second-order valence-corrected chi connectivity index (χ2v) is 4.17. The summed E-state index contributed by atoms with van der Waals surface area (Å²) in [4.78, 5) is 18.5. The Kier molecular flexibility index (Phi) is 3.71. The van der Waals surface area contributed by atoms with Crippen molar-refractivity contribution in [1.29, 1.82) is 5.26 Å². The minimum Gasteiger partial charge on any atom is -0.311 e. The number of nitrogens with zero attached hydrogens (tertiary/aromatic N) is 2. The standard InChI is InChI=1S/C14H12FN3O/c1-2-3-13-17-12(7-14(19)18-13)10-4-9(8-16)5-11(15)6-10/h4-7H,2-3H2,1H3,(H,17,18,19). The number of rotatable bonds is 3. The highest BCUT2D eigenvalue weighted by Crippen LogP contribution is 2.19. The van der Waals surface area contributed by atoms with E-state index in [1.165, 1.54) is 18.2 Å². The molecule has 0 saturated heterocycles. The lowest BCUT2D eigenvalue weighted by molar-refractivity contribution is 0.627. The van der Waals surface area contributed by atoms with Gasteiger partial charge in [0.1, 0.15) is 11.6 Å². The van der Waals surface area contributed by atoms with Crippen molar-refractivity contribution in [1.82, 2.24) is 9.97 Å². The first-order chi connectivity index (χ1) is 9.12. The van der Waals surface area contributed by atoms with Crippen LogP contribution in [0.3, 0.4) is 0 Å². The Morgan fingerprint density at radius 2 is 2.16 bits per heavy atom. The number of benzene rings is 1. The fraction of sp³-hybridized carbons (Fsp3) is 0.214. The summed E-state index contributed by atoms with van der Waals surface area (Å²) in [6, 6.07) is 7.10. The fourth-order valence-corrected chi connectivity index (χ4v) is 1.81. The minimum absolute atomic E-state index is 0.203. The number of H-pyrrole nitrogens is 1. The lowest BCUT2D eigenvalue weighted by Crippen LogP contribution is -2.11. The molecule has 0 bridgehead atoms. The molecular formula is C14H12FN3O. The van der Waals surface area contributed by atoms with Crippen molar-refractivity contribution >= 4 is 0 Å². The van der Waals surface area contributed by atoms with Crippen LogP contribution in [0.15, 0.2) is 29.1 Å². The van der Waals surface area contributed by atoms with Gasteiger partial charge in [-0.05, 0) is 24.6 Å². The van der Waals surface area contributed by atoms with E-state index in [1.807, 2.05) is 13.0 Å². The van der Waals surface area contributed by atoms with E-state index in [0.717, 1.165) is 12.5 Å². The largest absolute Gasteiger partial charge is 0.311 e. The molecular weight excluding hydrogens is 245 g/mol.